The number of aromatic nitrogens is 1. The molecule has 1 aromatic heterocycles. The first-order chi connectivity index (χ1) is 12.1. The highest BCUT2D eigenvalue weighted by atomic mass is 16.2. The molecule has 2 N–H and O–H groups in total. The summed E-state index contributed by atoms with van der Waals surface area (Å²) in [5.41, 5.74) is 4.12. The van der Waals surface area contributed by atoms with Crippen LogP contribution in [-0.4, -0.2) is 27.9 Å². The summed E-state index contributed by atoms with van der Waals surface area (Å²) in [6, 6.07) is 14.9. The molecule has 126 valence electrons. The Hall–Kier alpha value is -3.08. The SMILES string of the molecule is Cc1ccccc1CN1C(=O)N[C@@H](Cc2c[nH]c3ccccc23)C1=O. The van der Waals surface area contributed by atoms with Crippen LogP contribution in [0.25, 0.3) is 10.9 Å². The molecule has 0 bridgehead atoms. The van der Waals surface area contributed by atoms with E-state index >= 15 is 0 Å². The lowest BCUT2D eigenvalue weighted by atomic mass is 10.0. The van der Waals surface area contributed by atoms with Crippen LogP contribution in [0.4, 0.5) is 4.79 Å². The molecule has 0 radical (unpaired) electrons. The van der Waals surface area contributed by atoms with E-state index in [1.165, 1.54) is 4.90 Å². The topological polar surface area (TPSA) is 65.2 Å². The molecule has 1 fully saturated rings. The number of rotatable bonds is 4. The van der Waals surface area contributed by atoms with Gasteiger partial charge in [0.1, 0.15) is 6.04 Å². The standard InChI is InChI=1S/C20H19N3O2/c1-13-6-2-3-7-14(13)12-23-19(24)18(22-20(23)25)10-15-11-21-17-9-5-4-8-16(15)17/h2-9,11,18,21H,10,12H2,1H3,(H,22,25)/t18-/m0/s1. The Kier molecular flexibility index (Phi) is 3.76. The fraction of sp³-hybridized carbons (Fsp3) is 0.200. The molecule has 1 saturated heterocycles. The smallest absolute Gasteiger partial charge is 0.325 e. The number of imide groups is 1. The zero-order valence-corrected chi connectivity index (χ0v) is 14.0. The number of carbonyl (C=O) groups excluding carboxylic acids is 2. The van der Waals surface area contributed by atoms with E-state index in [4.69, 9.17) is 0 Å². The molecule has 1 aliphatic heterocycles. The first-order valence-corrected chi connectivity index (χ1v) is 8.35. The summed E-state index contributed by atoms with van der Waals surface area (Å²) in [5, 5.41) is 3.91. The van der Waals surface area contributed by atoms with Gasteiger partial charge in [-0.25, -0.2) is 4.79 Å². The van der Waals surface area contributed by atoms with Crippen molar-refractivity contribution < 1.29 is 9.59 Å². The van der Waals surface area contributed by atoms with Crippen LogP contribution in [0.2, 0.25) is 0 Å². The third-order valence-corrected chi connectivity index (χ3v) is 4.80. The molecule has 5 nitrogen and oxygen atoms in total. The van der Waals surface area contributed by atoms with Crippen molar-refractivity contribution in [1.29, 1.82) is 0 Å². The minimum absolute atomic E-state index is 0.168. The van der Waals surface area contributed by atoms with Gasteiger partial charge in [0.25, 0.3) is 5.91 Å². The third-order valence-electron chi connectivity index (χ3n) is 4.80. The van der Waals surface area contributed by atoms with Crippen molar-refractivity contribution in [3.8, 4) is 0 Å². The van der Waals surface area contributed by atoms with E-state index in [9.17, 15) is 9.59 Å². The summed E-state index contributed by atoms with van der Waals surface area (Å²) in [7, 11) is 0. The summed E-state index contributed by atoms with van der Waals surface area (Å²) in [6.45, 7) is 2.29. The van der Waals surface area contributed by atoms with Crippen molar-refractivity contribution in [3.63, 3.8) is 0 Å². The number of hydrogen-bond acceptors (Lipinski definition) is 2. The van der Waals surface area contributed by atoms with Crippen LogP contribution in [0.3, 0.4) is 0 Å². The van der Waals surface area contributed by atoms with Crippen molar-refractivity contribution >= 4 is 22.8 Å². The minimum atomic E-state index is -0.518. The number of amides is 3. The second-order valence-corrected chi connectivity index (χ2v) is 6.42. The van der Waals surface area contributed by atoms with Gasteiger partial charge < -0.3 is 10.3 Å². The number of carbonyl (C=O) groups is 2. The van der Waals surface area contributed by atoms with Crippen LogP contribution in [0.15, 0.2) is 54.7 Å². The second-order valence-electron chi connectivity index (χ2n) is 6.42. The Morgan fingerprint density at radius 2 is 1.76 bits per heavy atom. The van der Waals surface area contributed by atoms with Gasteiger partial charge in [0.05, 0.1) is 6.54 Å². The van der Waals surface area contributed by atoms with E-state index in [0.717, 1.165) is 27.6 Å². The number of para-hydroxylation sites is 1. The molecule has 0 spiro atoms. The number of benzene rings is 2. The Morgan fingerprint density at radius 1 is 1.00 bits per heavy atom. The Balaban J connectivity index is 1.54. The fourth-order valence-corrected chi connectivity index (χ4v) is 3.34. The number of fused-ring (bicyclic) bond motifs is 1. The molecule has 2 heterocycles. The summed E-state index contributed by atoms with van der Waals surface area (Å²) >= 11 is 0. The predicted molar refractivity (Wildman–Crippen MR) is 96.1 cm³/mol. The number of urea groups is 1. The normalized spacial score (nSPS) is 17.3. The van der Waals surface area contributed by atoms with Crippen molar-refractivity contribution in [1.82, 2.24) is 15.2 Å². The van der Waals surface area contributed by atoms with Gasteiger partial charge in [0.15, 0.2) is 0 Å². The highest BCUT2D eigenvalue weighted by molar-refractivity contribution is 6.04. The zero-order chi connectivity index (χ0) is 17.4. The lowest BCUT2D eigenvalue weighted by Crippen LogP contribution is -2.32. The number of hydrogen-bond donors (Lipinski definition) is 2. The number of nitrogens with zero attached hydrogens (tertiary/aromatic N) is 1. The van der Waals surface area contributed by atoms with Crippen LogP contribution in [0.5, 0.6) is 0 Å². The molecule has 0 aliphatic carbocycles. The maximum absolute atomic E-state index is 12.7. The van der Waals surface area contributed by atoms with Gasteiger partial charge in [-0.3, -0.25) is 9.69 Å². The Morgan fingerprint density at radius 3 is 2.60 bits per heavy atom. The van der Waals surface area contributed by atoms with Crippen LogP contribution in [0.1, 0.15) is 16.7 Å². The first kappa shape index (κ1) is 15.4. The van der Waals surface area contributed by atoms with Crippen molar-refractivity contribution in [3.05, 3.63) is 71.4 Å². The number of H-pyrrole nitrogens is 1. The summed E-state index contributed by atoms with van der Waals surface area (Å²) in [6.07, 6.45) is 2.40. The zero-order valence-electron chi connectivity index (χ0n) is 14.0. The van der Waals surface area contributed by atoms with Gasteiger partial charge in [0, 0.05) is 23.5 Å². The van der Waals surface area contributed by atoms with Gasteiger partial charge >= 0.3 is 6.03 Å². The molecule has 1 atom stereocenters. The highest BCUT2D eigenvalue weighted by Crippen LogP contribution is 2.22. The molecule has 0 saturated carbocycles. The van der Waals surface area contributed by atoms with E-state index in [2.05, 4.69) is 10.3 Å². The summed E-state index contributed by atoms with van der Waals surface area (Å²) in [5.74, 6) is -0.168. The minimum Gasteiger partial charge on any atom is -0.361 e. The van der Waals surface area contributed by atoms with Crippen molar-refractivity contribution in [2.75, 3.05) is 0 Å². The lowest BCUT2D eigenvalue weighted by Gasteiger charge is -2.14. The maximum Gasteiger partial charge on any atom is 0.325 e. The highest BCUT2D eigenvalue weighted by Gasteiger charge is 2.38. The predicted octanol–water partition coefficient (Wildman–Crippen LogP) is 3.14. The average molecular weight is 333 g/mol. The monoisotopic (exact) mass is 333 g/mol. The van der Waals surface area contributed by atoms with Gasteiger partial charge in [0.2, 0.25) is 0 Å². The lowest BCUT2D eigenvalue weighted by molar-refractivity contribution is -0.127. The van der Waals surface area contributed by atoms with E-state index in [-0.39, 0.29) is 11.9 Å². The number of aryl methyl sites for hydroxylation is 1. The van der Waals surface area contributed by atoms with Gasteiger partial charge in [-0.2, -0.15) is 0 Å². The third kappa shape index (κ3) is 2.78. The molecule has 3 aromatic rings. The van der Waals surface area contributed by atoms with Gasteiger partial charge in [-0.1, -0.05) is 42.5 Å². The van der Waals surface area contributed by atoms with Crippen LogP contribution >= 0.6 is 0 Å². The van der Waals surface area contributed by atoms with Crippen molar-refractivity contribution in [2.45, 2.75) is 25.9 Å². The Bertz CT molecular complexity index is 960. The molecule has 4 rings (SSSR count). The quantitative estimate of drug-likeness (QED) is 0.721. The summed E-state index contributed by atoms with van der Waals surface area (Å²) in [4.78, 5) is 29.5. The molecule has 1 aliphatic rings. The van der Waals surface area contributed by atoms with Crippen LogP contribution < -0.4 is 5.32 Å². The van der Waals surface area contributed by atoms with Gasteiger partial charge in [-0.05, 0) is 29.7 Å². The van der Waals surface area contributed by atoms with Gasteiger partial charge in [-0.15, -0.1) is 0 Å². The number of nitrogens with one attached hydrogen (secondary N) is 2. The van der Waals surface area contributed by atoms with E-state index in [1.54, 1.807) is 0 Å². The second kappa shape index (κ2) is 6.09. The van der Waals surface area contributed by atoms with Crippen LogP contribution in [0, 0.1) is 6.92 Å². The van der Waals surface area contributed by atoms with E-state index in [1.807, 2.05) is 61.7 Å². The average Bonchev–Trinajstić information content (AvgIpc) is 3.13. The molecule has 2 aromatic carbocycles. The largest absolute Gasteiger partial charge is 0.361 e. The molecule has 0 unspecified atom stereocenters. The fourth-order valence-electron chi connectivity index (χ4n) is 3.34. The van der Waals surface area contributed by atoms with Crippen molar-refractivity contribution in [2.24, 2.45) is 0 Å². The maximum atomic E-state index is 12.7. The summed E-state index contributed by atoms with van der Waals surface area (Å²) < 4.78 is 0. The molecular weight excluding hydrogens is 314 g/mol. The van der Waals surface area contributed by atoms with Crippen LogP contribution in [-0.2, 0) is 17.8 Å². The van der Waals surface area contributed by atoms with E-state index < -0.39 is 6.04 Å². The number of aromatic amines is 1. The molecular formula is C20H19N3O2. The Labute approximate surface area is 145 Å². The molecule has 5 heteroatoms. The molecule has 3 amide bonds. The molecule has 25 heavy (non-hydrogen) atoms. The van der Waals surface area contributed by atoms with E-state index in [0.29, 0.717) is 13.0 Å². The first-order valence-electron chi connectivity index (χ1n) is 8.35.